The molecule has 0 spiro atoms. The normalized spacial score (nSPS) is 15.0. The lowest BCUT2D eigenvalue weighted by molar-refractivity contribution is -0.122. The monoisotopic (exact) mass is 454 g/mol. The first-order chi connectivity index (χ1) is 15.7. The molecule has 0 saturated carbocycles. The van der Waals surface area contributed by atoms with E-state index in [1.165, 1.54) is 11.3 Å². The van der Waals surface area contributed by atoms with Gasteiger partial charge < -0.3 is 25.8 Å². The second kappa shape index (κ2) is 10.6. The van der Waals surface area contributed by atoms with E-state index < -0.39 is 6.04 Å². The number of carbonyl (C=O) groups is 2. The molecule has 1 aliphatic rings. The Kier molecular flexibility index (Phi) is 7.39. The number of hydrogen-bond donors (Lipinski definition) is 4. The maximum atomic E-state index is 13.0. The Labute approximate surface area is 191 Å². The summed E-state index contributed by atoms with van der Waals surface area (Å²) in [7, 11) is 0. The SMILES string of the molecule is CCCCNC(=O)C(Cc1c[nH]c2ccccc12)NC(=O)c1cnc(N2CCNCC2)s1. The number of nitrogens with one attached hydrogen (secondary N) is 4. The molecule has 1 aliphatic heterocycles. The van der Waals surface area contributed by atoms with Gasteiger partial charge >= 0.3 is 0 Å². The lowest BCUT2D eigenvalue weighted by Gasteiger charge is -2.26. The number of aromatic nitrogens is 2. The molecule has 3 heterocycles. The molecule has 0 radical (unpaired) electrons. The number of para-hydroxylation sites is 1. The summed E-state index contributed by atoms with van der Waals surface area (Å²) in [5.41, 5.74) is 2.02. The number of rotatable bonds is 9. The van der Waals surface area contributed by atoms with Crippen molar-refractivity contribution in [1.29, 1.82) is 0 Å². The fourth-order valence-electron chi connectivity index (χ4n) is 3.84. The molecule has 9 heteroatoms. The molecule has 0 aliphatic carbocycles. The molecule has 3 aromatic rings. The van der Waals surface area contributed by atoms with Crippen LogP contribution in [0.1, 0.15) is 35.0 Å². The van der Waals surface area contributed by atoms with Crippen molar-refractivity contribution >= 4 is 39.2 Å². The molecule has 1 unspecified atom stereocenters. The van der Waals surface area contributed by atoms with Crippen molar-refractivity contribution in [2.24, 2.45) is 0 Å². The van der Waals surface area contributed by atoms with Gasteiger partial charge in [-0.15, -0.1) is 0 Å². The van der Waals surface area contributed by atoms with Crippen molar-refractivity contribution < 1.29 is 9.59 Å². The van der Waals surface area contributed by atoms with Gasteiger partial charge in [-0.1, -0.05) is 42.9 Å². The van der Waals surface area contributed by atoms with Crippen LogP contribution in [0.2, 0.25) is 0 Å². The van der Waals surface area contributed by atoms with Crippen molar-refractivity contribution in [3.8, 4) is 0 Å². The summed E-state index contributed by atoms with van der Waals surface area (Å²) in [5, 5.41) is 11.1. The molecular weight excluding hydrogens is 424 g/mol. The zero-order chi connectivity index (χ0) is 22.3. The number of amides is 2. The van der Waals surface area contributed by atoms with Crippen LogP contribution in [0.25, 0.3) is 10.9 Å². The third kappa shape index (κ3) is 5.28. The second-order valence-corrected chi connectivity index (χ2v) is 8.99. The smallest absolute Gasteiger partial charge is 0.263 e. The highest BCUT2D eigenvalue weighted by molar-refractivity contribution is 7.17. The minimum Gasteiger partial charge on any atom is -0.361 e. The first-order valence-electron chi connectivity index (χ1n) is 11.2. The van der Waals surface area contributed by atoms with Gasteiger partial charge in [0.25, 0.3) is 5.91 Å². The van der Waals surface area contributed by atoms with Crippen molar-refractivity contribution in [3.05, 3.63) is 47.1 Å². The van der Waals surface area contributed by atoms with E-state index in [1.807, 2.05) is 30.5 Å². The number of piperazine rings is 1. The van der Waals surface area contributed by atoms with Crippen LogP contribution in [-0.4, -0.2) is 60.5 Å². The summed E-state index contributed by atoms with van der Waals surface area (Å²) in [6, 6.07) is 7.31. The van der Waals surface area contributed by atoms with Crippen LogP contribution in [0.3, 0.4) is 0 Å². The minimum atomic E-state index is -0.664. The van der Waals surface area contributed by atoms with Gasteiger partial charge in [0.1, 0.15) is 10.9 Å². The van der Waals surface area contributed by atoms with Gasteiger partial charge in [-0.05, 0) is 18.1 Å². The maximum Gasteiger partial charge on any atom is 0.263 e. The zero-order valence-corrected chi connectivity index (χ0v) is 19.1. The number of carbonyl (C=O) groups excluding carboxylic acids is 2. The number of fused-ring (bicyclic) bond motifs is 1. The molecule has 1 aromatic carbocycles. The molecule has 2 amide bonds. The number of nitrogens with zero attached hydrogens (tertiary/aromatic N) is 2. The first-order valence-corrected chi connectivity index (χ1v) is 12.0. The summed E-state index contributed by atoms with van der Waals surface area (Å²) in [5.74, 6) is -0.428. The summed E-state index contributed by atoms with van der Waals surface area (Å²) in [6.07, 6.45) is 5.84. The number of benzene rings is 1. The molecule has 170 valence electrons. The quantitative estimate of drug-likeness (QED) is 0.372. The van der Waals surface area contributed by atoms with Gasteiger partial charge in [-0.3, -0.25) is 9.59 Å². The predicted molar refractivity (Wildman–Crippen MR) is 128 cm³/mol. The summed E-state index contributed by atoms with van der Waals surface area (Å²) in [4.78, 5) is 36.3. The Bertz CT molecular complexity index is 1060. The van der Waals surface area contributed by atoms with Crippen LogP contribution in [0.15, 0.2) is 36.7 Å². The summed E-state index contributed by atoms with van der Waals surface area (Å²) in [6.45, 7) is 6.24. The molecule has 2 aromatic heterocycles. The van der Waals surface area contributed by atoms with Crippen LogP contribution in [0, 0.1) is 0 Å². The molecule has 1 saturated heterocycles. The zero-order valence-electron chi connectivity index (χ0n) is 18.3. The lowest BCUT2D eigenvalue weighted by Crippen LogP contribution is -2.48. The van der Waals surface area contributed by atoms with E-state index in [1.54, 1.807) is 6.20 Å². The highest BCUT2D eigenvalue weighted by Crippen LogP contribution is 2.23. The number of unbranched alkanes of at least 4 members (excludes halogenated alkanes) is 1. The van der Waals surface area contributed by atoms with Crippen molar-refractivity contribution in [3.63, 3.8) is 0 Å². The van der Waals surface area contributed by atoms with Crippen LogP contribution >= 0.6 is 11.3 Å². The van der Waals surface area contributed by atoms with Gasteiger partial charge in [-0.2, -0.15) is 0 Å². The average molecular weight is 455 g/mol. The Hall–Kier alpha value is -2.91. The van der Waals surface area contributed by atoms with Gasteiger partial charge in [0.15, 0.2) is 5.13 Å². The third-order valence-electron chi connectivity index (χ3n) is 5.66. The largest absolute Gasteiger partial charge is 0.361 e. The molecule has 32 heavy (non-hydrogen) atoms. The number of hydrogen-bond acceptors (Lipinski definition) is 6. The summed E-state index contributed by atoms with van der Waals surface area (Å²) >= 11 is 1.37. The molecule has 1 atom stereocenters. The van der Waals surface area contributed by atoms with Crippen molar-refractivity contribution in [1.82, 2.24) is 25.9 Å². The Morgan fingerprint density at radius 3 is 2.88 bits per heavy atom. The van der Waals surface area contributed by atoms with Crippen LogP contribution in [0.4, 0.5) is 5.13 Å². The van der Waals surface area contributed by atoms with E-state index >= 15 is 0 Å². The average Bonchev–Trinajstić information content (AvgIpc) is 3.47. The topological polar surface area (TPSA) is 102 Å². The highest BCUT2D eigenvalue weighted by Gasteiger charge is 2.25. The fourth-order valence-corrected chi connectivity index (χ4v) is 4.71. The van der Waals surface area contributed by atoms with Gasteiger partial charge in [0.05, 0.1) is 6.20 Å². The lowest BCUT2D eigenvalue weighted by atomic mass is 10.0. The Balaban J connectivity index is 1.48. The van der Waals surface area contributed by atoms with E-state index in [-0.39, 0.29) is 11.8 Å². The fraction of sp³-hybridized carbons (Fsp3) is 0.435. The Morgan fingerprint density at radius 2 is 2.06 bits per heavy atom. The van der Waals surface area contributed by atoms with E-state index in [0.29, 0.717) is 17.8 Å². The highest BCUT2D eigenvalue weighted by atomic mass is 32.1. The predicted octanol–water partition coefficient (Wildman–Crippen LogP) is 2.29. The molecule has 4 rings (SSSR count). The maximum absolute atomic E-state index is 13.0. The summed E-state index contributed by atoms with van der Waals surface area (Å²) < 4.78 is 0. The van der Waals surface area contributed by atoms with Crippen molar-refractivity contribution in [2.75, 3.05) is 37.6 Å². The number of thiazole rings is 1. The Morgan fingerprint density at radius 1 is 1.25 bits per heavy atom. The standard InChI is InChI=1S/C23H30N6O2S/c1-2-3-8-25-21(30)19(13-16-14-26-18-7-5-4-6-17(16)18)28-22(31)20-15-27-23(32-20)29-11-9-24-10-12-29/h4-7,14-15,19,24,26H,2-3,8-13H2,1H3,(H,25,30)(H,28,31). The number of H-pyrrole nitrogens is 1. The van der Waals surface area contributed by atoms with Gasteiger partial charge in [0.2, 0.25) is 5.91 Å². The van der Waals surface area contributed by atoms with Crippen LogP contribution < -0.4 is 20.9 Å². The third-order valence-corrected chi connectivity index (χ3v) is 6.71. The van der Waals surface area contributed by atoms with E-state index in [2.05, 4.69) is 37.7 Å². The molecular formula is C23H30N6O2S. The first kappa shape index (κ1) is 22.3. The number of aromatic amines is 1. The van der Waals surface area contributed by atoms with Crippen molar-refractivity contribution in [2.45, 2.75) is 32.2 Å². The molecule has 0 bridgehead atoms. The van der Waals surface area contributed by atoms with E-state index in [4.69, 9.17) is 0 Å². The van der Waals surface area contributed by atoms with E-state index in [9.17, 15) is 9.59 Å². The molecule has 8 nitrogen and oxygen atoms in total. The number of anilines is 1. The van der Waals surface area contributed by atoms with Gasteiger partial charge in [0, 0.05) is 56.2 Å². The van der Waals surface area contributed by atoms with Gasteiger partial charge in [-0.25, -0.2) is 4.98 Å². The van der Waals surface area contributed by atoms with Crippen LogP contribution in [-0.2, 0) is 11.2 Å². The molecule has 4 N–H and O–H groups in total. The van der Waals surface area contributed by atoms with E-state index in [0.717, 1.165) is 60.6 Å². The molecule has 1 fully saturated rings. The second-order valence-electron chi connectivity index (χ2n) is 7.98. The minimum absolute atomic E-state index is 0.163. The van der Waals surface area contributed by atoms with Crippen LogP contribution in [0.5, 0.6) is 0 Å².